The van der Waals surface area contributed by atoms with Gasteiger partial charge in [-0.05, 0) is 34.8 Å². The summed E-state index contributed by atoms with van der Waals surface area (Å²) in [7, 11) is 0. The van der Waals surface area contributed by atoms with Crippen LogP contribution in [0.5, 0.6) is 0 Å². The van der Waals surface area contributed by atoms with Gasteiger partial charge in [0.25, 0.3) is 0 Å². The van der Waals surface area contributed by atoms with Crippen LogP contribution in [0.2, 0.25) is 0 Å². The first-order valence-electron chi connectivity index (χ1n) is 7.46. The van der Waals surface area contributed by atoms with Crippen molar-refractivity contribution < 1.29 is 9.59 Å². The number of Topliss-reactive ketones (excluding diaryl/α,β-unsaturated/α-hetero) is 2. The number of ketones is 2. The lowest BCUT2D eigenvalue weighted by molar-refractivity contribution is 0.0974. The highest BCUT2D eigenvalue weighted by molar-refractivity contribution is 9.12. The smallest absolute Gasteiger partial charge is 0.210 e. The molecule has 0 bridgehead atoms. The van der Waals surface area contributed by atoms with E-state index in [2.05, 4.69) is 21.2 Å². The van der Waals surface area contributed by atoms with Crippen LogP contribution in [0, 0.1) is 0 Å². The van der Waals surface area contributed by atoms with Gasteiger partial charge >= 0.3 is 0 Å². The third-order valence-corrected chi connectivity index (χ3v) is 4.59. The van der Waals surface area contributed by atoms with Gasteiger partial charge in [0, 0.05) is 17.2 Å². The van der Waals surface area contributed by atoms with E-state index >= 15 is 0 Å². The molecule has 23 heavy (non-hydrogen) atoms. The number of hydrogen-bond acceptors (Lipinski definition) is 3. The van der Waals surface area contributed by atoms with Crippen molar-refractivity contribution in [1.82, 2.24) is 5.32 Å². The van der Waals surface area contributed by atoms with Crippen molar-refractivity contribution >= 4 is 27.5 Å². The zero-order chi connectivity index (χ0) is 16.4. The maximum absolute atomic E-state index is 12.7. The van der Waals surface area contributed by atoms with Crippen LogP contribution in [0.1, 0.15) is 33.2 Å². The topological polar surface area (TPSA) is 46.2 Å². The second-order valence-corrected chi connectivity index (χ2v) is 6.42. The molecule has 0 aromatic heterocycles. The maximum Gasteiger partial charge on any atom is 0.210 e. The predicted molar refractivity (Wildman–Crippen MR) is 93.8 cm³/mol. The van der Waals surface area contributed by atoms with E-state index in [0.29, 0.717) is 21.3 Å². The maximum atomic E-state index is 12.7. The Morgan fingerprint density at radius 2 is 1.48 bits per heavy atom. The summed E-state index contributed by atoms with van der Waals surface area (Å²) in [6.07, 6.45) is 0.772. The fraction of sp³-hybridized carbons (Fsp3) is 0.158. The van der Waals surface area contributed by atoms with Crippen LogP contribution in [0.4, 0.5) is 0 Å². The van der Waals surface area contributed by atoms with Crippen molar-refractivity contribution in [2.24, 2.45) is 0 Å². The summed E-state index contributed by atoms with van der Waals surface area (Å²) in [5.41, 5.74) is 2.43. The lowest BCUT2D eigenvalue weighted by atomic mass is 9.92. The van der Waals surface area contributed by atoms with Crippen LogP contribution >= 0.6 is 15.9 Å². The number of fused-ring (bicyclic) bond motifs is 1. The molecule has 1 unspecified atom stereocenters. The first-order valence-corrected chi connectivity index (χ1v) is 8.26. The number of carbonyl (C=O) groups is 2. The number of hydrogen-bond donors (Lipinski definition) is 1. The van der Waals surface area contributed by atoms with E-state index in [9.17, 15) is 9.59 Å². The Bertz CT molecular complexity index is 796. The third-order valence-electron chi connectivity index (χ3n) is 3.84. The molecule has 0 heterocycles. The monoisotopic (exact) mass is 369 g/mol. The second kappa shape index (κ2) is 6.50. The lowest BCUT2D eigenvalue weighted by Crippen LogP contribution is -2.35. The largest absolute Gasteiger partial charge is 0.378 e. The number of halogens is 1. The third kappa shape index (κ3) is 3.13. The average Bonchev–Trinajstić information content (AvgIpc) is 2.57. The summed E-state index contributed by atoms with van der Waals surface area (Å²) in [6.45, 7) is 2.00. The Labute approximate surface area is 143 Å². The fourth-order valence-corrected chi connectivity index (χ4v) is 3.25. The van der Waals surface area contributed by atoms with Gasteiger partial charge in [0.1, 0.15) is 5.70 Å². The van der Waals surface area contributed by atoms with E-state index in [1.807, 2.05) is 37.3 Å². The number of allylic oxidation sites excluding steroid dienone is 2. The number of nitrogens with one attached hydrogen (secondary N) is 1. The Kier molecular flexibility index (Phi) is 4.44. The molecule has 1 atom stereocenters. The highest BCUT2D eigenvalue weighted by atomic mass is 79.9. The highest BCUT2D eigenvalue weighted by Gasteiger charge is 2.31. The van der Waals surface area contributed by atoms with Gasteiger partial charge in [0.2, 0.25) is 11.6 Å². The summed E-state index contributed by atoms with van der Waals surface area (Å²) < 4.78 is 0.307. The summed E-state index contributed by atoms with van der Waals surface area (Å²) in [5.74, 6) is -0.304. The van der Waals surface area contributed by atoms with Crippen LogP contribution in [0.15, 0.2) is 64.8 Å². The van der Waals surface area contributed by atoms with Crippen LogP contribution in [0.25, 0.3) is 0 Å². The predicted octanol–water partition coefficient (Wildman–Crippen LogP) is 3.89. The van der Waals surface area contributed by atoms with Gasteiger partial charge in [-0.25, -0.2) is 0 Å². The first-order chi connectivity index (χ1) is 11.1. The molecule has 2 aromatic rings. The van der Waals surface area contributed by atoms with E-state index in [1.165, 1.54) is 5.56 Å². The Hall–Kier alpha value is -2.20. The molecular formula is C19H16BrNO2. The minimum Gasteiger partial charge on any atom is -0.378 e. The fourth-order valence-electron chi connectivity index (χ4n) is 2.74. The van der Waals surface area contributed by atoms with Crippen LogP contribution in [-0.2, 0) is 6.42 Å². The minimum atomic E-state index is -0.158. The zero-order valence-electron chi connectivity index (χ0n) is 12.7. The van der Waals surface area contributed by atoms with Gasteiger partial charge in [0.15, 0.2) is 0 Å². The molecule has 2 aromatic carbocycles. The quantitative estimate of drug-likeness (QED) is 0.888. The molecule has 0 radical (unpaired) electrons. The minimum absolute atomic E-state index is 0.0296. The van der Waals surface area contributed by atoms with Crippen LogP contribution in [0.3, 0.4) is 0 Å². The van der Waals surface area contributed by atoms with Gasteiger partial charge in [-0.3, -0.25) is 9.59 Å². The SMILES string of the molecule is CC(Cc1ccccc1)NC1=C(Br)C(=O)c2ccccc2C1=O. The van der Waals surface area contributed by atoms with E-state index in [-0.39, 0.29) is 17.6 Å². The van der Waals surface area contributed by atoms with Crippen molar-refractivity contribution in [3.8, 4) is 0 Å². The Morgan fingerprint density at radius 3 is 2.13 bits per heavy atom. The molecule has 4 heteroatoms. The summed E-state index contributed by atoms with van der Waals surface area (Å²) in [5, 5.41) is 3.20. The zero-order valence-corrected chi connectivity index (χ0v) is 14.3. The van der Waals surface area contributed by atoms with Crippen molar-refractivity contribution in [3.05, 3.63) is 81.5 Å². The molecule has 3 nitrogen and oxygen atoms in total. The van der Waals surface area contributed by atoms with Crippen LogP contribution < -0.4 is 5.32 Å². The highest BCUT2D eigenvalue weighted by Crippen LogP contribution is 2.28. The van der Waals surface area contributed by atoms with Gasteiger partial charge in [-0.2, -0.15) is 0 Å². The molecule has 0 saturated heterocycles. The Morgan fingerprint density at radius 1 is 0.913 bits per heavy atom. The normalized spacial score (nSPS) is 15.4. The Balaban J connectivity index is 1.84. The summed E-state index contributed by atoms with van der Waals surface area (Å²) in [4.78, 5) is 25.1. The molecule has 0 fully saturated rings. The molecule has 0 aliphatic heterocycles. The van der Waals surface area contributed by atoms with E-state index in [4.69, 9.17) is 0 Å². The molecule has 1 N–H and O–H groups in total. The van der Waals surface area contributed by atoms with Crippen LogP contribution in [-0.4, -0.2) is 17.6 Å². The molecule has 3 rings (SSSR count). The molecule has 0 amide bonds. The molecule has 0 saturated carbocycles. The van der Waals surface area contributed by atoms with Crippen molar-refractivity contribution in [2.45, 2.75) is 19.4 Å². The number of rotatable bonds is 4. The standard InChI is InChI=1S/C19H16BrNO2/c1-12(11-13-7-3-2-4-8-13)21-17-16(20)18(22)14-9-5-6-10-15(14)19(17)23/h2-10,12,21H,11H2,1H3. The molecule has 0 spiro atoms. The summed E-state index contributed by atoms with van der Waals surface area (Å²) >= 11 is 3.29. The number of benzene rings is 2. The molecule has 1 aliphatic carbocycles. The van der Waals surface area contributed by atoms with Gasteiger partial charge in [-0.15, -0.1) is 0 Å². The van der Waals surface area contributed by atoms with E-state index in [0.717, 1.165) is 6.42 Å². The van der Waals surface area contributed by atoms with Crippen molar-refractivity contribution in [2.75, 3.05) is 0 Å². The van der Waals surface area contributed by atoms with E-state index < -0.39 is 0 Å². The first kappa shape index (κ1) is 15.7. The molecule has 116 valence electrons. The number of carbonyl (C=O) groups excluding carboxylic acids is 2. The molecular weight excluding hydrogens is 354 g/mol. The second-order valence-electron chi connectivity index (χ2n) is 5.63. The van der Waals surface area contributed by atoms with E-state index in [1.54, 1.807) is 24.3 Å². The molecule has 1 aliphatic rings. The van der Waals surface area contributed by atoms with Gasteiger partial charge in [0.05, 0.1) is 4.48 Å². The summed E-state index contributed by atoms with van der Waals surface area (Å²) in [6, 6.07) is 17.0. The lowest BCUT2D eigenvalue weighted by Gasteiger charge is -2.22. The van der Waals surface area contributed by atoms with Gasteiger partial charge in [-0.1, -0.05) is 54.6 Å². The average molecular weight is 370 g/mol. The van der Waals surface area contributed by atoms with Crippen molar-refractivity contribution in [1.29, 1.82) is 0 Å². The van der Waals surface area contributed by atoms with Gasteiger partial charge < -0.3 is 5.32 Å². The van der Waals surface area contributed by atoms with Crippen molar-refractivity contribution in [3.63, 3.8) is 0 Å².